The van der Waals surface area contributed by atoms with Gasteiger partial charge < -0.3 is 89.9 Å². The lowest BCUT2D eigenvalue weighted by Gasteiger charge is -2.48. The zero-order chi connectivity index (χ0) is 67.5. The van der Waals surface area contributed by atoms with Crippen molar-refractivity contribution in [3.63, 3.8) is 0 Å². The first kappa shape index (κ1) is 84.5. The molecule has 0 saturated carbocycles. The molecule has 3 rings (SSSR count). The largest absolute Gasteiger partial charge is 0.394 e. The molecule has 3 fully saturated rings. The molecule has 1 amide bonds. The molecule has 19 heteroatoms. The molecule has 540 valence electrons. The van der Waals surface area contributed by atoms with Crippen molar-refractivity contribution in [1.29, 1.82) is 0 Å². The summed E-state index contributed by atoms with van der Waals surface area (Å²) in [6.45, 7) is 1.62. The van der Waals surface area contributed by atoms with Crippen molar-refractivity contribution >= 4 is 5.91 Å². The van der Waals surface area contributed by atoms with Gasteiger partial charge in [-0.05, 0) is 70.6 Å². The van der Waals surface area contributed by atoms with Crippen LogP contribution in [0.3, 0.4) is 0 Å². The van der Waals surface area contributed by atoms with Crippen molar-refractivity contribution in [2.45, 2.75) is 362 Å². The first-order valence-electron chi connectivity index (χ1n) is 36.7. The van der Waals surface area contributed by atoms with E-state index >= 15 is 0 Å². The van der Waals surface area contributed by atoms with Crippen LogP contribution < -0.4 is 5.32 Å². The highest BCUT2D eigenvalue weighted by molar-refractivity contribution is 5.76. The number of aliphatic hydroxyl groups excluding tert-OH is 11. The summed E-state index contributed by atoms with van der Waals surface area (Å²) < 4.78 is 34.4. The monoisotopic (exact) mass is 1320 g/mol. The summed E-state index contributed by atoms with van der Waals surface area (Å²) in [5.74, 6) is -0.288. The van der Waals surface area contributed by atoms with E-state index in [1.165, 1.54) is 148 Å². The Morgan fingerprint density at radius 1 is 0.398 bits per heavy atom. The summed E-state index contributed by atoms with van der Waals surface area (Å²) in [6.07, 6.45) is 43.0. The van der Waals surface area contributed by atoms with Crippen molar-refractivity contribution in [1.82, 2.24) is 5.32 Å². The van der Waals surface area contributed by atoms with E-state index < -0.39 is 124 Å². The van der Waals surface area contributed by atoms with E-state index in [0.29, 0.717) is 12.8 Å². The van der Waals surface area contributed by atoms with Gasteiger partial charge in [-0.2, -0.15) is 0 Å². The Bertz CT molecular complexity index is 1970. The molecule has 93 heavy (non-hydrogen) atoms. The van der Waals surface area contributed by atoms with E-state index in [-0.39, 0.29) is 18.9 Å². The van der Waals surface area contributed by atoms with E-state index in [2.05, 4.69) is 79.9 Å². The van der Waals surface area contributed by atoms with Crippen LogP contribution in [0.4, 0.5) is 0 Å². The predicted octanol–water partition coefficient (Wildman–Crippen LogP) is 10.5. The standard InChI is InChI=1S/C74H131NO18/c1-3-5-7-9-11-13-15-17-19-21-23-25-27-28-30-32-34-36-38-40-42-44-46-48-50-52-62(80)75-57(58(79)51-49-47-45-43-41-39-37-35-33-31-29-26-24-22-20-18-16-14-12-10-8-6-4-2)56-88-72-68(86)65(83)70(60(54-77)90-72)93-74-69(87)66(84)71(61(55-78)91-74)92-73-67(85)64(82)63(81)59(53-76)89-73/h5,7,11,13,17,19,23,25,41,43,49,51,57-61,63-74,76-79,81-87H,3-4,6,8-10,12,14-16,18,20-22,24,26-40,42,44-48,50,52-56H2,1-2H3,(H,75,80)/b7-5-,13-11-,19-17-,25-23-,43-41+,51-49+. The minimum Gasteiger partial charge on any atom is -0.394 e. The fraction of sp³-hybridized carbons (Fsp3) is 0.824. The second-order valence-corrected chi connectivity index (χ2v) is 26.0. The number of unbranched alkanes of at least 4 members (excludes halogenated alkanes) is 30. The fourth-order valence-corrected chi connectivity index (χ4v) is 12.1. The number of ether oxygens (including phenoxy) is 6. The molecule has 3 aliphatic rings. The number of allylic oxidation sites excluding steroid dienone is 11. The number of hydrogen-bond donors (Lipinski definition) is 12. The molecule has 0 aromatic heterocycles. The maximum atomic E-state index is 13.4. The average Bonchev–Trinajstić information content (AvgIpc) is 0.819. The first-order valence-corrected chi connectivity index (χ1v) is 36.7. The van der Waals surface area contributed by atoms with Crippen LogP contribution in [0.15, 0.2) is 72.9 Å². The van der Waals surface area contributed by atoms with Crippen molar-refractivity contribution in [3.8, 4) is 0 Å². The molecule has 0 aromatic rings. The maximum absolute atomic E-state index is 13.4. The highest BCUT2D eigenvalue weighted by Crippen LogP contribution is 2.33. The van der Waals surface area contributed by atoms with Gasteiger partial charge in [0.2, 0.25) is 5.91 Å². The second kappa shape index (κ2) is 55.1. The molecule has 19 nitrogen and oxygen atoms in total. The predicted molar refractivity (Wildman–Crippen MR) is 365 cm³/mol. The lowest BCUT2D eigenvalue weighted by atomic mass is 9.96. The Labute approximate surface area is 559 Å². The highest BCUT2D eigenvalue weighted by atomic mass is 16.8. The van der Waals surface area contributed by atoms with E-state index in [9.17, 15) is 61.0 Å². The average molecular weight is 1320 g/mol. The van der Waals surface area contributed by atoms with Crippen LogP contribution in [0.5, 0.6) is 0 Å². The van der Waals surface area contributed by atoms with E-state index in [0.717, 1.165) is 77.0 Å². The minimum atomic E-state index is -1.98. The van der Waals surface area contributed by atoms with Crippen LogP contribution in [-0.2, 0) is 33.2 Å². The van der Waals surface area contributed by atoms with Crippen LogP contribution in [0.2, 0.25) is 0 Å². The van der Waals surface area contributed by atoms with Gasteiger partial charge in [-0.3, -0.25) is 4.79 Å². The molecule has 0 radical (unpaired) electrons. The summed E-state index contributed by atoms with van der Waals surface area (Å²) in [4.78, 5) is 13.4. The third kappa shape index (κ3) is 36.6. The van der Waals surface area contributed by atoms with Crippen LogP contribution in [0.25, 0.3) is 0 Å². The van der Waals surface area contributed by atoms with Crippen molar-refractivity contribution < 1.29 is 89.4 Å². The Morgan fingerprint density at radius 3 is 1.20 bits per heavy atom. The van der Waals surface area contributed by atoms with Crippen molar-refractivity contribution in [2.24, 2.45) is 0 Å². The Balaban J connectivity index is 1.43. The number of nitrogens with one attached hydrogen (secondary N) is 1. The van der Waals surface area contributed by atoms with Gasteiger partial charge in [-0.15, -0.1) is 0 Å². The molecule has 17 atom stereocenters. The Kier molecular flexibility index (Phi) is 50.1. The smallest absolute Gasteiger partial charge is 0.220 e. The number of hydrogen-bond acceptors (Lipinski definition) is 18. The van der Waals surface area contributed by atoms with Crippen LogP contribution in [-0.4, -0.2) is 193 Å². The van der Waals surface area contributed by atoms with Gasteiger partial charge in [0, 0.05) is 6.42 Å². The third-order valence-electron chi connectivity index (χ3n) is 18.0. The minimum absolute atomic E-state index is 0.230. The summed E-state index contributed by atoms with van der Waals surface area (Å²) in [5.41, 5.74) is 0. The third-order valence-corrected chi connectivity index (χ3v) is 18.0. The zero-order valence-corrected chi connectivity index (χ0v) is 57.2. The SMILES string of the molecule is CC/C=C\C/C=C\C/C=C\C/C=C\CCCCCCCCCCCCCCC(=O)NC(COC1OC(CO)C(OC2OC(CO)C(OC3OC(CO)C(O)C(O)C3O)C(O)C2O)C(O)C1O)C(O)/C=C/CC/C=C/CCCCCCCCCCCCCCCCCCC. The zero-order valence-electron chi connectivity index (χ0n) is 57.2. The number of amides is 1. The first-order chi connectivity index (χ1) is 45.3. The van der Waals surface area contributed by atoms with Crippen LogP contribution in [0.1, 0.15) is 258 Å². The Hall–Kier alpha value is -2.77. The number of carbonyl (C=O) groups excluding carboxylic acids is 1. The van der Waals surface area contributed by atoms with E-state index in [1.807, 2.05) is 6.08 Å². The van der Waals surface area contributed by atoms with Crippen molar-refractivity contribution in [2.75, 3.05) is 26.4 Å². The molecule has 3 saturated heterocycles. The molecule has 17 unspecified atom stereocenters. The lowest BCUT2D eigenvalue weighted by Crippen LogP contribution is -2.66. The lowest BCUT2D eigenvalue weighted by molar-refractivity contribution is -0.379. The number of carbonyl (C=O) groups is 1. The summed E-state index contributed by atoms with van der Waals surface area (Å²) in [5, 5.41) is 121. The quantitative estimate of drug-likeness (QED) is 0.0199. The van der Waals surface area contributed by atoms with Crippen molar-refractivity contribution in [3.05, 3.63) is 72.9 Å². The van der Waals surface area contributed by atoms with Gasteiger partial charge in [-0.1, -0.05) is 254 Å². The van der Waals surface area contributed by atoms with E-state index in [4.69, 9.17) is 28.4 Å². The maximum Gasteiger partial charge on any atom is 0.220 e. The second-order valence-electron chi connectivity index (χ2n) is 26.0. The normalized spacial score (nSPS) is 27.9. The summed E-state index contributed by atoms with van der Waals surface area (Å²) >= 11 is 0. The number of aliphatic hydroxyl groups is 11. The fourth-order valence-electron chi connectivity index (χ4n) is 12.1. The molecular formula is C74H131NO18. The van der Waals surface area contributed by atoms with E-state index in [1.54, 1.807) is 6.08 Å². The summed E-state index contributed by atoms with van der Waals surface area (Å²) in [6, 6.07) is -0.996. The van der Waals surface area contributed by atoms with Gasteiger partial charge in [-0.25, -0.2) is 0 Å². The molecule has 0 bridgehead atoms. The van der Waals surface area contributed by atoms with Gasteiger partial charge in [0.25, 0.3) is 0 Å². The molecule has 12 N–H and O–H groups in total. The Morgan fingerprint density at radius 2 is 0.753 bits per heavy atom. The molecule has 0 aromatic carbocycles. The molecule has 0 aliphatic carbocycles. The van der Waals surface area contributed by atoms with Gasteiger partial charge in [0.1, 0.15) is 73.2 Å². The molecule has 3 heterocycles. The van der Waals surface area contributed by atoms with Crippen LogP contribution in [0, 0.1) is 0 Å². The van der Waals surface area contributed by atoms with Gasteiger partial charge >= 0.3 is 0 Å². The molecular weight excluding hydrogens is 1190 g/mol. The number of rotatable bonds is 56. The highest BCUT2D eigenvalue weighted by Gasteiger charge is 2.53. The molecule has 0 spiro atoms. The van der Waals surface area contributed by atoms with Crippen LogP contribution >= 0.6 is 0 Å². The topological polar surface area (TPSA) is 307 Å². The van der Waals surface area contributed by atoms with Gasteiger partial charge in [0.05, 0.1) is 38.6 Å². The van der Waals surface area contributed by atoms with Gasteiger partial charge in [0.15, 0.2) is 18.9 Å². The molecule has 3 aliphatic heterocycles. The summed E-state index contributed by atoms with van der Waals surface area (Å²) in [7, 11) is 0.